The van der Waals surface area contributed by atoms with Crippen LogP contribution >= 0.6 is 0 Å². The van der Waals surface area contributed by atoms with Gasteiger partial charge in [-0.3, -0.25) is 14.9 Å². The third-order valence-electron chi connectivity index (χ3n) is 4.63. The Kier molecular flexibility index (Phi) is 6.12. The number of nitrogens with zero attached hydrogens (tertiary/aromatic N) is 2. The van der Waals surface area contributed by atoms with Crippen molar-refractivity contribution in [2.75, 3.05) is 18.1 Å². The molecule has 0 spiro atoms. The van der Waals surface area contributed by atoms with E-state index < -0.39 is 44.8 Å². The van der Waals surface area contributed by atoms with E-state index in [1.165, 1.54) is 4.90 Å². The summed E-state index contributed by atoms with van der Waals surface area (Å²) in [4.78, 5) is 24.6. The van der Waals surface area contributed by atoms with Crippen molar-refractivity contribution >= 4 is 21.4 Å². The van der Waals surface area contributed by atoms with Crippen LogP contribution in [0, 0.1) is 15.9 Å². The van der Waals surface area contributed by atoms with Gasteiger partial charge in [0, 0.05) is 24.7 Å². The Labute approximate surface area is 167 Å². The highest BCUT2D eigenvalue weighted by Gasteiger charge is 2.35. The van der Waals surface area contributed by atoms with E-state index in [0.29, 0.717) is 6.42 Å². The summed E-state index contributed by atoms with van der Waals surface area (Å²) in [6, 6.07) is 11.3. The topological polar surface area (TPSA) is 107 Å². The summed E-state index contributed by atoms with van der Waals surface area (Å²) in [5, 5.41) is 11.1. The number of ether oxygens (including phenoxy) is 1. The molecule has 1 aliphatic rings. The number of carbonyl (C=O) groups excluding carboxylic acids is 1. The summed E-state index contributed by atoms with van der Waals surface area (Å²) in [6.45, 7) is -0.401. The average molecular weight is 422 g/mol. The number of rotatable bonds is 7. The van der Waals surface area contributed by atoms with Crippen molar-refractivity contribution in [3.05, 3.63) is 70.0 Å². The number of benzene rings is 2. The van der Waals surface area contributed by atoms with Gasteiger partial charge in [-0.25, -0.2) is 12.8 Å². The molecule has 1 aliphatic heterocycles. The molecule has 29 heavy (non-hydrogen) atoms. The Morgan fingerprint density at radius 2 is 1.97 bits per heavy atom. The minimum absolute atomic E-state index is 0.00748. The zero-order valence-electron chi connectivity index (χ0n) is 15.4. The fourth-order valence-electron chi connectivity index (χ4n) is 3.20. The molecule has 0 aromatic heterocycles. The van der Waals surface area contributed by atoms with Crippen molar-refractivity contribution in [3.63, 3.8) is 0 Å². The van der Waals surface area contributed by atoms with Crippen LogP contribution in [0.2, 0.25) is 0 Å². The number of hydrogen-bond acceptors (Lipinski definition) is 6. The minimum atomic E-state index is -3.23. The van der Waals surface area contributed by atoms with E-state index in [2.05, 4.69) is 0 Å². The fourth-order valence-corrected chi connectivity index (χ4v) is 4.93. The molecule has 1 amide bonds. The SMILES string of the molecule is O=C(COc1cc(F)ccc1[N+](=O)[O-])N(Cc1ccccc1)[C@@H]1CCS(=O)(=O)C1. The first-order valence-corrected chi connectivity index (χ1v) is 10.7. The van der Waals surface area contributed by atoms with Crippen molar-refractivity contribution in [1.29, 1.82) is 0 Å². The predicted octanol–water partition coefficient (Wildman–Crippen LogP) is 2.33. The predicted molar refractivity (Wildman–Crippen MR) is 103 cm³/mol. The Morgan fingerprint density at radius 1 is 1.24 bits per heavy atom. The summed E-state index contributed by atoms with van der Waals surface area (Å²) >= 11 is 0. The van der Waals surface area contributed by atoms with Gasteiger partial charge in [-0.15, -0.1) is 0 Å². The summed E-state index contributed by atoms with van der Waals surface area (Å²) in [7, 11) is -3.23. The highest BCUT2D eigenvalue weighted by molar-refractivity contribution is 7.91. The molecule has 1 fully saturated rings. The van der Waals surface area contributed by atoms with E-state index in [4.69, 9.17) is 4.74 Å². The van der Waals surface area contributed by atoms with E-state index in [1.54, 1.807) is 12.1 Å². The number of amides is 1. The van der Waals surface area contributed by atoms with Crippen LogP contribution in [0.3, 0.4) is 0 Å². The molecule has 0 N–H and O–H groups in total. The first-order valence-electron chi connectivity index (χ1n) is 8.86. The third-order valence-corrected chi connectivity index (χ3v) is 6.39. The van der Waals surface area contributed by atoms with Gasteiger partial charge in [-0.2, -0.15) is 0 Å². The number of halogens is 1. The van der Waals surface area contributed by atoms with Crippen LogP contribution in [-0.2, 0) is 21.2 Å². The van der Waals surface area contributed by atoms with E-state index >= 15 is 0 Å². The quantitative estimate of drug-likeness (QED) is 0.501. The lowest BCUT2D eigenvalue weighted by molar-refractivity contribution is -0.385. The number of sulfone groups is 1. The molecular weight excluding hydrogens is 403 g/mol. The van der Waals surface area contributed by atoms with Crippen LogP contribution < -0.4 is 4.74 Å². The van der Waals surface area contributed by atoms with Crippen molar-refractivity contribution in [3.8, 4) is 5.75 Å². The Balaban J connectivity index is 1.78. The molecule has 0 saturated carbocycles. The molecule has 0 aliphatic carbocycles. The summed E-state index contributed by atoms with van der Waals surface area (Å²) in [5.41, 5.74) is 0.346. The van der Waals surface area contributed by atoms with Crippen molar-refractivity contribution < 1.29 is 27.3 Å². The largest absolute Gasteiger partial charge is 0.477 e. The second-order valence-corrected chi connectivity index (χ2v) is 8.95. The van der Waals surface area contributed by atoms with Crippen LogP contribution in [-0.4, -0.2) is 48.3 Å². The molecular formula is C19H19FN2O6S. The van der Waals surface area contributed by atoms with E-state index in [-0.39, 0.29) is 23.8 Å². The zero-order valence-corrected chi connectivity index (χ0v) is 16.2. The minimum Gasteiger partial charge on any atom is -0.477 e. The number of nitro groups is 1. The highest BCUT2D eigenvalue weighted by Crippen LogP contribution is 2.28. The monoisotopic (exact) mass is 422 g/mol. The van der Waals surface area contributed by atoms with Crippen LogP contribution in [0.4, 0.5) is 10.1 Å². The van der Waals surface area contributed by atoms with Crippen molar-refractivity contribution in [2.24, 2.45) is 0 Å². The Morgan fingerprint density at radius 3 is 2.59 bits per heavy atom. The second-order valence-electron chi connectivity index (χ2n) is 6.72. The molecule has 0 unspecified atom stereocenters. The molecule has 0 bridgehead atoms. The van der Waals surface area contributed by atoms with Crippen LogP contribution in [0.1, 0.15) is 12.0 Å². The van der Waals surface area contributed by atoms with Gasteiger partial charge in [-0.05, 0) is 18.1 Å². The molecule has 10 heteroatoms. The van der Waals surface area contributed by atoms with Gasteiger partial charge in [0.1, 0.15) is 5.82 Å². The lowest BCUT2D eigenvalue weighted by Crippen LogP contribution is -2.43. The maximum Gasteiger partial charge on any atom is 0.311 e. The number of nitro benzene ring substituents is 1. The molecule has 154 valence electrons. The van der Waals surface area contributed by atoms with Crippen LogP contribution in [0.25, 0.3) is 0 Å². The molecule has 2 aromatic rings. The highest BCUT2D eigenvalue weighted by atomic mass is 32.2. The molecule has 3 rings (SSSR count). The standard InChI is InChI=1S/C19H19FN2O6S/c20-15-6-7-17(22(24)25)18(10-15)28-12-19(23)21(11-14-4-2-1-3-5-14)16-8-9-29(26,27)13-16/h1-7,10,16H,8-9,11-13H2/t16-/m1/s1. The normalized spacial score (nSPS) is 17.6. The van der Waals surface area contributed by atoms with E-state index in [9.17, 15) is 27.7 Å². The van der Waals surface area contributed by atoms with Crippen molar-refractivity contribution in [1.82, 2.24) is 4.90 Å². The number of carbonyl (C=O) groups is 1. The Hall–Kier alpha value is -3.01. The number of hydrogen-bond donors (Lipinski definition) is 0. The first-order chi connectivity index (χ1) is 13.7. The zero-order chi connectivity index (χ0) is 21.0. The molecule has 1 atom stereocenters. The van der Waals surface area contributed by atoms with Gasteiger partial charge < -0.3 is 9.64 Å². The summed E-state index contributed by atoms with van der Waals surface area (Å²) in [5.74, 6) is -1.78. The van der Waals surface area contributed by atoms with Gasteiger partial charge in [0.15, 0.2) is 16.4 Å². The molecule has 0 radical (unpaired) electrons. The maximum absolute atomic E-state index is 13.4. The summed E-state index contributed by atoms with van der Waals surface area (Å²) in [6.07, 6.45) is 0.307. The lowest BCUT2D eigenvalue weighted by Gasteiger charge is -2.28. The lowest BCUT2D eigenvalue weighted by atomic mass is 10.1. The van der Waals surface area contributed by atoms with Crippen molar-refractivity contribution in [2.45, 2.75) is 19.0 Å². The van der Waals surface area contributed by atoms with Gasteiger partial charge in [0.2, 0.25) is 5.75 Å². The van der Waals surface area contributed by atoms with Gasteiger partial charge in [0.25, 0.3) is 5.91 Å². The van der Waals surface area contributed by atoms with E-state index in [0.717, 1.165) is 23.8 Å². The molecule has 1 heterocycles. The van der Waals surface area contributed by atoms with Gasteiger partial charge in [-0.1, -0.05) is 30.3 Å². The van der Waals surface area contributed by atoms with Gasteiger partial charge >= 0.3 is 5.69 Å². The second kappa shape index (κ2) is 8.56. The fraction of sp³-hybridized carbons (Fsp3) is 0.316. The maximum atomic E-state index is 13.4. The average Bonchev–Trinajstić information content (AvgIpc) is 3.04. The van der Waals surface area contributed by atoms with Gasteiger partial charge in [0.05, 0.1) is 16.4 Å². The van der Waals surface area contributed by atoms with E-state index in [1.807, 2.05) is 18.2 Å². The Bertz CT molecular complexity index is 1010. The first kappa shape index (κ1) is 20.7. The molecule has 2 aromatic carbocycles. The van der Waals surface area contributed by atoms with Crippen LogP contribution in [0.5, 0.6) is 5.75 Å². The summed E-state index contributed by atoms with van der Waals surface area (Å²) < 4.78 is 42.4. The third kappa shape index (κ3) is 5.29. The van der Waals surface area contributed by atoms with Crippen LogP contribution in [0.15, 0.2) is 48.5 Å². The molecule has 8 nitrogen and oxygen atoms in total. The smallest absolute Gasteiger partial charge is 0.311 e. The molecule has 1 saturated heterocycles.